The molecule has 0 spiro atoms. The van der Waals surface area contributed by atoms with Crippen molar-refractivity contribution in [3.05, 3.63) is 24.3 Å². The third-order valence-corrected chi connectivity index (χ3v) is 3.24. The number of hydrogen-bond acceptors (Lipinski definition) is 4. The highest BCUT2D eigenvalue weighted by Gasteiger charge is 2.21. The third-order valence-electron chi connectivity index (χ3n) is 3.24. The summed E-state index contributed by atoms with van der Waals surface area (Å²) < 4.78 is 5.49. The number of anilines is 1. The lowest BCUT2D eigenvalue weighted by molar-refractivity contribution is -0.134. The van der Waals surface area contributed by atoms with Crippen LogP contribution in [0.25, 0.3) is 0 Å². The molecule has 104 valence electrons. The summed E-state index contributed by atoms with van der Waals surface area (Å²) in [5, 5.41) is 9.53. The second-order valence-electron chi connectivity index (χ2n) is 4.77. The first kappa shape index (κ1) is 13.7. The summed E-state index contributed by atoms with van der Waals surface area (Å²) in [7, 11) is 0. The SMILES string of the molecule is Nc1ccccc1OCCC(=O)N1CCC[C@H](O)C1. The van der Waals surface area contributed by atoms with Crippen LogP contribution in [0.5, 0.6) is 5.75 Å². The Kier molecular flexibility index (Phi) is 4.63. The molecule has 5 heteroatoms. The van der Waals surface area contributed by atoms with E-state index in [1.165, 1.54) is 0 Å². The molecule has 19 heavy (non-hydrogen) atoms. The van der Waals surface area contributed by atoms with E-state index in [-0.39, 0.29) is 12.0 Å². The highest BCUT2D eigenvalue weighted by molar-refractivity contribution is 5.76. The van der Waals surface area contributed by atoms with Crippen molar-refractivity contribution in [1.82, 2.24) is 4.90 Å². The molecular weight excluding hydrogens is 244 g/mol. The maximum Gasteiger partial charge on any atom is 0.226 e. The number of hydrogen-bond donors (Lipinski definition) is 2. The van der Waals surface area contributed by atoms with Gasteiger partial charge in [0.2, 0.25) is 5.91 Å². The topological polar surface area (TPSA) is 75.8 Å². The average Bonchev–Trinajstić information content (AvgIpc) is 2.41. The normalized spacial score (nSPS) is 19.2. The number of ether oxygens (including phenoxy) is 1. The number of nitrogen functional groups attached to an aromatic ring is 1. The van der Waals surface area contributed by atoms with Crippen LogP contribution in [-0.4, -0.2) is 41.7 Å². The number of β-amino-alcohol motifs (C(OH)–C–C–N with tert-alkyl or cyclic N) is 1. The molecule has 1 atom stereocenters. The lowest BCUT2D eigenvalue weighted by atomic mass is 10.1. The van der Waals surface area contributed by atoms with Gasteiger partial charge in [-0.1, -0.05) is 12.1 Å². The van der Waals surface area contributed by atoms with Crippen LogP contribution in [0.3, 0.4) is 0 Å². The Morgan fingerprint density at radius 3 is 3.00 bits per heavy atom. The van der Waals surface area contributed by atoms with Crippen molar-refractivity contribution in [3.63, 3.8) is 0 Å². The number of nitrogens with two attached hydrogens (primary N) is 1. The number of carbonyl (C=O) groups is 1. The summed E-state index contributed by atoms with van der Waals surface area (Å²) in [6.07, 6.45) is 1.56. The van der Waals surface area contributed by atoms with Gasteiger partial charge in [0.1, 0.15) is 5.75 Å². The van der Waals surface area contributed by atoms with E-state index in [9.17, 15) is 9.90 Å². The molecular formula is C14H20N2O3. The standard InChI is InChI=1S/C14H20N2O3/c15-12-5-1-2-6-13(12)19-9-7-14(18)16-8-3-4-11(17)10-16/h1-2,5-6,11,17H,3-4,7-10,15H2/t11-/m0/s1. The van der Waals surface area contributed by atoms with Crippen molar-refractivity contribution in [2.75, 3.05) is 25.4 Å². The third kappa shape index (κ3) is 3.86. The van der Waals surface area contributed by atoms with Gasteiger partial charge in [0.25, 0.3) is 0 Å². The van der Waals surface area contributed by atoms with Crippen molar-refractivity contribution in [2.45, 2.75) is 25.4 Å². The molecule has 1 aliphatic heterocycles. The number of rotatable bonds is 4. The molecule has 0 aromatic heterocycles. The van der Waals surface area contributed by atoms with Crippen molar-refractivity contribution in [3.8, 4) is 5.75 Å². The molecule has 2 rings (SSSR count). The van der Waals surface area contributed by atoms with Gasteiger partial charge in [0.05, 0.1) is 24.8 Å². The van der Waals surface area contributed by atoms with Gasteiger partial charge >= 0.3 is 0 Å². The minimum absolute atomic E-state index is 0.0215. The van der Waals surface area contributed by atoms with Crippen LogP contribution in [0.1, 0.15) is 19.3 Å². The number of benzene rings is 1. The molecule has 3 N–H and O–H groups in total. The largest absolute Gasteiger partial charge is 0.491 e. The molecule has 1 heterocycles. The lowest BCUT2D eigenvalue weighted by Gasteiger charge is -2.30. The first-order valence-corrected chi connectivity index (χ1v) is 6.60. The maximum absolute atomic E-state index is 11.9. The fourth-order valence-corrected chi connectivity index (χ4v) is 2.20. The van der Waals surface area contributed by atoms with Gasteiger partial charge in [-0.25, -0.2) is 0 Å². The van der Waals surface area contributed by atoms with Crippen LogP contribution in [0.15, 0.2) is 24.3 Å². The fourth-order valence-electron chi connectivity index (χ4n) is 2.20. The summed E-state index contributed by atoms with van der Waals surface area (Å²) in [6, 6.07) is 7.22. The first-order valence-electron chi connectivity index (χ1n) is 6.60. The van der Waals surface area contributed by atoms with Gasteiger partial charge in [-0.15, -0.1) is 0 Å². The minimum atomic E-state index is -0.386. The fraction of sp³-hybridized carbons (Fsp3) is 0.500. The highest BCUT2D eigenvalue weighted by atomic mass is 16.5. The van der Waals surface area contributed by atoms with E-state index < -0.39 is 0 Å². The summed E-state index contributed by atoms with van der Waals surface area (Å²) in [6.45, 7) is 1.47. The molecule has 1 aromatic rings. The average molecular weight is 264 g/mol. The first-order chi connectivity index (χ1) is 9.16. The second-order valence-corrected chi connectivity index (χ2v) is 4.77. The van der Waals surface area contributed by atoms with Crippen molar-refractivity contribution < 1.29 is 14.6 Å². The van der Waals surface area contributed by atoms with Crippen LogP contribution in [0, 0.1) is 0 Å². The molecule has 1 aromatic carbocycles. The number of nitrogens with zero attached hydrogens (tertiary/aromatic N) is 1. The van der Waals surface area contributed by atoms with Gasteiger partial charge in [0.15, 0.2) is 0 Å². The highest BCUT2D eigenvalue weighted by Crippen LogP contribution is 2.20. The molecule has 5 nitrogen and oxygen atoms in total. The Morgan fingerprint density at radius 2 is 2.26 bits per heavy atom. The van der Waals surface area contributed by atoms with Crippen molar-refractivity contribution in [1.29, 1.82) is 0 Å². The van der Waals surface area contributed by atoms with Crippen LogP contribution in [0.2, 0.25) is 0 Å². The van der Waals surface area contributed by atoms with Crippen molar-refractivity contribution >= 4 is 11.6 Å². The zero-order valence-corrected chi connectivity index (χ0v) is 10.9. The summed E-state index contributed by atoms with van der Waals surface area (Å²) in [4.78, 5) is 13.6. The Hall–Kier alpha value is -1.75. The van der Waals surface area contributed by atoms with Gasteiger partial charge in [-0.2, -0.15) is 0 Å². The Bertz CT molecular complexity index is 436. The predicted molar refractivity (Wildman–Crippen MR) is 72.8 cm³/mol. The number of piperidine rings is 1. The summed E-state index contributed by atoms with van der Waals surface area (Å²) in [5.74, 6) is 0.627. The summed E-state index contributed by atoms with van der Waals surface area (Å²) in [5.41, 5.74) is 6.32. The van der Waals surface area contributed by atoms with E-state index in [4.69, 9.17) is 10.5 Å². The molecule has 0 radical (unpaired) electrons. The number of amides is 1. The van der Waals surface area contributed by atoms with E-state index in [2.05, 4.69) is 0 Å². The van der Waals surface area contributed by atoms with Gasteiger partial charge in [-0.05, 0) is 25.0 Å². The molecule has 0 aliphatic carbocycles. The molecule has 0 saturated carbocycles. The van der Waals surface area contributed by atoms with E-state index in [1.54, 1.807) is 17.0 Å². The van der Waals surface area contributed by atoms with Gasteiger partial charge in [-0.3, -0.25) is 4.79 Å². The zero-order chi connectivity index (χ0) is 13.7. The van der Waals surface area contributed by atoms with E-state index in [0.717, 1.165) is 19.4 Å². The van der Waals surface area contributed by atoms with Crippen LogP contribution < -0.4 is 10.5 Å². The van der Waals surface area contributed by atoms with E-state index in [1.807, 2.05) is 12.1 Å². The van der Waals surface area contributed by atoms with Crippen LogP contribution in [-0.2, 0) is 4.79 Å². The van der Waals surface area contributed by atoms with Crippen LogP contribution >= 0.6 is 0 Å². The number of aliphatic hydroxyl groups is 1. The molecule has 1 aliphatic rings. The zero-order valence-electron chi connectivity index (χ0n) is 10.9. The molecule has 0 bridgehead atoms. The Morgan fingerprint density at radius 1 is 1.47 bits per heavy atom. The number of carbonyl (C=O) groups excluding carboxylic acids is 1. The molecule has 1 amide bonds. The smallest absolute Gasteiger partial charge is 0.226 e. The predicted octanol–water partition coefficient (Wildman–Crippen LogP) is 1.02. The van der Waals surface area contributed by atoms with Crippen LogP contribution in [0.4, 0.5) is 5.69 Å². The second kappa shape index (κ2) is 6.43. The maximum atomic E-state index is 11.9. The lowest BCUT2D eigenvalue weighted by Crippen LogP contribution is -2.42. The molecule has 1 saturated heterocycles. The van der Waals surface area contributed by atoms with E-state index >= 15 is 0 Å². The number of aliphatic hydroxyl groups excluding tert-OH is 1. The van der Waals surface area contributed by atoms with Gasteiger partial charge in [0, 0.05) is 13.1 Å². The monoisotopic (exact) mass is 264 g/mol. The molecule has 1 fully saturated rings. The summed E-state index contributed by atoms with van der Waals surface area (Å²) >= 11 is 0. The van der Waals surface area contributed by atoms with E-state index in [0.29, 0.717) is 31.0 Å². The molecule has 0 unspecified atom stereocenters. The quantitative estimate of drug-likeness (QED) is 0.796. The number of para-hydroxylation sites is 2. The van der Waals surface area contributed by atoms with Gasteiger partial charge < -0.3 is 20.5 Å². The Labute approximate surface area is 113 Å². The number of likely N-dealkylation sites (tertiary alicyclic amines) is 1. The minimum Gasteiger partial charge on any atom is -0.491 e. The Balaban J connectivity index is 1.76. The van der Waals surface area contributed by atoms with Crippen molar-refractivity contribution in [2.24, 2.45) is 0 Å².